The van der Waals surface area contributed by atoms with Crippen molar-refractivity contribution in [2.45, 2.75) is 25.8 Å². The highest BCUT2D eigenvalue weighted by Crippen LogP contribution is 2.28. The molecule has 0 aliphatic carbocycles. The van der Waals surface area contributed by atoms with Gasteiger partial charge in [-0.05, 0) is 54.8 Å². The number of pyridine rings is 1. The Hall–Kier alpha value is -0.900. The summed E-state index contributed by atoms with van der Waals surface area (Å²) >= 11 is 9.76. The van der Waals surface area contributed by atoms with Crippen molar-refractivity contribution in [3.8, 4) is 0 Å². The summed E-state index contributed by atoms with van der Waals surface area (Å²) in [4.78, 5) is 4.19. The summed E-state index contributed by atoms with van der Waals surface area (Å²) in [6, 6.07) is 10.2. The monoisotopic (exact) mass is 352 g/mol. The highest BCUT2D eigenvalue weighted by atomic mass is 79.9. The number of benzene rings is 1. The minimum absolute atomic E-state index is 0.229. The molecule has 0 aliphatic heterocycles. The molecule has 1 aromatic carbocycles. The van der Waals surface area contributed by atoms with Crippen LogP contribution in [0.1, 0.15) is 30.5 Å². The van der Waals surface area contributed by atoms with Crippen LogP contribution in [0.5, 0.6) is 0 Å². The smallest absolute Gasteiger partial charge is 0.0410 e. The molecule has 106 valence electrons. The van der Waals surface area contributed by atoms with Crippen molar-refractivity contribution >= 4 is 27.5 Å². The molecule has 2 nitrogen and oxygen atoms in total. The maximum absolute atomic E-state index is 6.14. The van der Waals surface area contributed by atoms with E-state index < -0.39 is 0 Å². The molecule has 0 saturated carbocycles. The van der Waals surface area contributed by atoms with Crippen molar-refractivity contribution in [3.63, 3.8) is 0 Å². The lowest BCUT2D eigenvalue weighted by Crippen LogP contribution is -2.24. The molecule has 1 aromatic heterocycles. The van der Waals surface area contributed by atoms with Gasteiger partial charge in [-0.25, -0.2) is 0 Å². The number of rotatable bonds is 6. The third-order valence-electron chi connectivity index (χ3n) is 3.14. The van der Waals surface area contributed by atoms with Gasteiger partial charge >= 0.3 is 0 Å². The molecule has 0 aliphatic rings. The van der Waals surface area contributed by atoms with E-state index in [0.29, 0.717) is 0 Å². The van der Waals surface area contributed by atoms with Crippen LogP contribution in [-0.4, -0.2) is 11.5 Å². The topological polar surface area (TPSA) is 24.9 Å². The zero-order chi connectivity index (χ0) is 14.4. The zero-order valence-electron chi connectivity index (χ0n) is 11.4. The van der Waals surface area contributed by atoms with E-state index in [1.807, 2.05) is 30.5 Å². The Bertz CT molecular complexity index is 545. The molecule has 0 radical (unpaired) electrons. The first-order valence-electron chi connectivity index (χ1n) is 6.78. The molecule has 1 N–H and O–H groups in total. The Morgan fingerprint density at radius 3 is 2.90 bits per heavy atom. The van der Waals surface area contributed by atoms with E-state index >= 15 is 0 Å². The van der Waals surface area contributed by atoms with Crippen LogP contribution in [0.25, 0.3) is 0 Å². The fraction of sp³-hybridized carbons (Fsp3) is 0.312. The molecule has 0 saturated heterocycles. The zero-order valence-corrected chi connectivity index (χ0v) is 13.8. The lowest BCUT2D eigenvalue weighted by Gasteiger charge is -2.20. The molecule has 2 rings (SSSR count). The van der Waals surface area contributed by atoms with Crippen molar-refractivity contribution in [2.24, 2.45) is 0 Å². The van der Waals surface area contributed by atoms with Crippen LogP contribution in [0.15, 0.2) is 47.2 Å². The van der Waals surface area contributed by atoms with E-state index in [0.717, 1.165) is 28.9 Å². The number of hydrogen-bond acceptors (Lipinski definition) is 2. The van der Waals surface area contributed by atoms with E-state index in [4.69, 9.17) is 11.6 Å². The second-order valence-electron chi connectivity index (χ2n) is 4.74. The van der Waals surface area contributed by atoms with Crippen LogP contribution in [0.3, 0.4) is 0 Å². The molecule has 4 heteroatoms. The Balaban J connectivity index is 2.24. The molecule has 1 atom stereocenters. The Labute approximate surface area is 133 Å². The SMILES string of the molecule is CCCNC(Cc1cccnc1)c1cc(Cl)ccc1Br. The van der Waals surface area contributed by atoms with E-state index in [-0.39, 0.29) is 6.04 Å². The van der Waals surface area contributed by atoms with Gasteiger partial charge in [0.25, 0.3) is 0 Å². The standard InChI is InChI=1S/C16H18BrClN2/c1-2-7-20-16(9-12-4-3-8-19-11-12)14-10-13(18)5-6-15(14)17/h3-6,8,10-11,16,20H,2,7,9H2,1H3. The molecule has 0 spiro atoms. The van der Waals surface area contributed by atoms with Crippen LogP contribution < -0.4 is 5.32 Å². The summed E-state index contributed by atoms with van der Waals surface area (Å²) in [5, 5.41) is 4.35. The highest BCUT2D eigenvalue weighted by Gasteiger charge is 2.15. The van der Waals surface area contributed by atoms with Crippen LogP contribution in [0.2, 0.25) is 5.02 Å². The maximum Gasteiger partial charge on any atom is 0.0410 e. The van der Waals surface area contributed by atoms with Gasteiger partial charge < -0.3 is 5.32 Å². The van der Waals surface area contributed by atoms with Gasteiger partial charge in [0.2, 0.25) is 0 Å². The third kappa shape index (κ3) is 4.30. The molecule has 0 bridgehead atoms. The number of hydrogen-bond donors (Lipinski definition) is 1. The normalized spacial score (nSPS) is 12.3. The van der Waals surface area contributed by atoms with Crippen molar-refractivity contribution in [1.29, 1.82) is 0 Å². The molecule has 20 heavy (non-hydrogen) atoms. The number of nitrogens with one attached hydrogen (secondary N) is 1. The number of nitrogens with zero attached hydrogens (tertiary/aromatic N) is 1. The average molecular weight is 354 g/mol. The van der Waals surface area contributed by atoms with E-state index in [9.17, 15) is 0 Å². The summed E-state index contributed by atoms with van der Waals surface area (Å²) < 4.78 is 1.08. The van der Waals surface area contributed by atoms with Crippen molar-refractivity contribution in [2.75, 3.05) is 6.54 Å². The highest BCUT2D eigenvalue weighted by molar-refractivity contribution is 9.10. The molecular formula is C16H18BrClN2. The summed E-state index contributed by atoms with van der Waals surface area (Å²) in [6.45, 7) is 3.14. The van der Waals surface area contributed by atoms with Crippen LogP contribution in [0, 0.1) is 0 Å². The van der Waals surface area contributed by atoms with Crippen LogP contribution in [0.4, 0.5) is 0 Å². The third-order valence-corrected chi connectivity index (χ3v) is 4.09. The number of halogens is 2. The average Bonchev–Trinajstić information content (AvgIpc) is 2.47. The van der Waals surface area contributed by atoms with Gasteiger partial charge in [0.15, 0.2) is 0 Å². The minimum atomic E-state index is 0.229. The molecule has 2 aromatic rings. The lowest BCUT2D eigenvalue weighted by atomic mass is 9.99. The predicted molar refractivity (Wildman–Crippen MR) is 88.1 cm³/mol. The Kier molecular flexibility index (Phi) is 6.02. The van der Waals surface area contributed by atoms with Gasteiger partial charge in [0, 0.05) is 27.9 Å². The molecular weight excluding hydrogens is 336 g/mol. The largest absolute Gasteiger partial charge is 0.310 e. The molecule has 1 unspecified atom stereocenters. The van der Waals surface area contributed by atoms with Crippen LogP contribution in [-0.2, 0) is 6.42 Å². The van der Waals surface area contributed by atoms with Crippen molar-refractivity contribution < 1.29 is 0 Å². The molecule has 0 amide bonds. The van der Waals surface area contributed by atoms with Gasteiger partial charge in [0.05, 0.1) is 0 Å². The summed E-state index contributed by atoms with van der Waals surface area (Å²) in [5.41, 5.74) is 2.41. The second kappa shape index (κ2) is 7.77. The fourth-order valence-electron chi connectivity index (χ4n) is 2.15. The predicted octanol–water partition coefficient (Wildman–Crippen LogP) is 4.78. The molecule has 1 heterocycles. The Morgan fingerprint density at radius 1 is 1.35 bits per heavy atom. The van der Waals surface area contributed by atoms with Gasteiger partial charge in [-0.3, -0.25) is 4.98 Å². The first-order valence-corrected chi connectivity index (χ1v) is 7.95. The maximum atomic E-state index is 6.14. The fourth-order valence-corrected chi connectivity index (χ4v) is 2.85. The Morgan fingerprint density at radius 2 is 2.20 bits per heavy atom. The summed E-state index contributed by atoms with van der Waals surface area (Å²) in [7, 11) is 0. The summed E-state index contributed by atoms with van der Waals surface area (Å²) in [6.07, 6.45) is 5.71. The van der Waals surface area contributed by atoms with Gasteiger partial charge in [0.1, 0.15) is 0 Å². The first-order chi connectivity index (χ1) is 9.70. The first kappa shape index (κ1) is 15.5. The second-order valence-corrected chi connectivity index (χ2v) is 6.03. The minimum Gasteiger partial charge on any atom is -0.310 e. The van der Waals surface area contributed by atoms with Crippen molar-refractivity contribution in [1.82, 2.24) is 10.3 Å². The number of aromatic nitrogens is 1. The molecule has 0 fully saturated rings. The summed E-state index contributed by atoms with van der Waals surface area (Å²) in [5.74, 6) is 0. The van der Waals surface area contributed by atoms with Gasteiger partial charge in [-0.15, -0.1) is 0 Å². The van der Waals surface area contributed by atoms with Gasteiger partial charge in [-0.2, -0.15) is 0 Å². The van der Waals surface area contributed by atoms with E-state index in [1.165, 1.54) is 11.1 Å². The van der Waals surface area contributed by atoms with E-state index in [2.05, 4.69) is 39.2 Å². The van der Waals surface area contributed by atoms with Crippen LogP contribution >= 0.6 is 27.5 Å². The van der Waals surface area contributed by atoms with Crippen molar-refractivity contribution in [3.05, 3.63) is 63.3 Å². The lowest BCUT2D eigenvalue weighted by molar-refractivity contribution is 0.527. The quantitative estimate of drug-likeness (QED) is 0.808. The van der Waals surface area contributed by atoms with Gasteiger partial charge in [-0.1, -0.05) is 40.5 Å². The van der Waals surface area contributed by atoms with E-state index in [1.54, 1.807) is 6.20 Å².